The average Bonchev–Trinajstić information content (AvgIpc) is 2.30. The minimum atomic E-state index is 0.118. The molecule has 86 valence electrons. The number of hydrogen-bond acceptors (Lipinski definition) is 2. The van der Waals surface area contributed by atoms with Gasteiger partial charge in [-0.3, -0.25) is 4.79 Å². The number of halogens is 1. The van der Waals surface area contributed by atoms with Crippen molar-refractivity contribution in [3.63, 3.8) is 0 Å². The van der Waals surface area contributed by atoms with Gasteiger partial charge in [-0.05, 0) is 58.0 Å². The van der Waals surface area contributed by atoms with Crippen LogP contribution >= 0.6 is 34.4 Å². The first kappa shape index (κ1) is 12.6. The Balaban J connectivity index is 2.23. The molecule has 0 aliphatic rings. The standard InChI is InChI=1S/C14H11IOS/c1-10(16)17-14-8-4-12(5-9-14)11-2-6-13(15)7-3-11/h2-9H,1H3. The quantitative estimate of drug-likeness (QED) is 0.579. The van der Waals surface area contributed by atoms with Gasteiger partial charge in [0, 0.05) is 15.4 Å². The molecule has 0 saturated carbocycles. The third-order valence-electron chi connectivity index (χ3n) is 2.29. The number of carbonyl (C=O) groups excluding carboxylic acids is 1. The SMILES string of the molecule is CC(=O)Sc1ccc(-c2ccc(I)cc2)cc1. The number of thioether (sulfide) groups is 1. The van der Waals surface area contributed by atoms with Gasteiger partial charge >= 0.3 is 0 Å². The van der Waals surface area contributed by atoms with Gasteiger partial charge < -0.3 is 0 Å². The molecule has 0 saturated heterocycles. The van der Waals surface area contributed by atoms with Crippen LogP contribution < -0.4 is 0 Å². The van der Waals surface area contributed by atoms with Crippen molar-refractivity contribution in [2.75, 3.05) is 0 Å². The van der Waals surface area contributed by atoms with Crippen molar-refractivity contribution in [2.24, 2.45) is 0 Å². The molecule has 2 aromatic rings. The van der Waals surface area contributed by atoms with E-state index in [1.807, 2.05) is 24.3 Å². The second kappa shape index (κ2) is 5.69. The Morgan fingerprint density at radius 3 is 1.88 bits per heavy atom. The van der Waals surface area contributed by atoms with E-state index in [2.05, 4.69) is 46.9 Å². The normalized spacial score (nSPS) is 10.2. The van der Waals surface area contributed by atoms with Crippen LogP contribution in [0.15, 0.2) is 53.4 Å². The van der Waals surface area contributed by atoms with E-state index in [0.29, 0.717) is 0 Å². The van der Waals surface area contributed by atoms with Crippen molar-refractivity contribution >= 4 is 39.5 Å². The molecular weight excluding hydrogens is 343 g/mol. The Bertz CT molecular complexity index is 517. The Morgan fingerprint density at radius 2 is 1.41 bits per heavy atom. The molecule has 0 aliphatic heterocycles. The van der Waals surface area contributed by atoms with Crippen LogP contribution in [0.2, 0.25) is 0 Å². The maximum absolute atomic E-state index is 11.0. The second-order valence-electron chi connectivity index (χ2n) is 3.62. The van der Waals surface area contributed by atoms with Gasteiger partial charge in [0.05, 0.1) is 0 Å². The zero-order valence-electron chi connectivity index (χ0n) is 9.31. The molecule has 2 aromatic carbocycles. The molecule has 0 unspecified atom stereocenters. The van der Waals surface area contributed by atoms with Crippen LogP contribution in [-0.4, -0.2) is 5.12 Å². The van der Waals surface area contributed by atoms with Crippen molar-refractivity contribution < 1.29 is 4.79 Å². The van der Waals surface area contributed by atoms with E-state index < -0.39 is 0 Å². The third-order valence-corrected chi connectivity index (χ3v) is 3.81. The van der Waals surface area contributed by atoms with Gasteiger partial charge in [0.2, 0.25) is 0 Å². The third kappa shape index (κ3) is 3.57. The fraction of sp³-hybridized carbons (Fsp3) is 0.0714. The van der Waals surface area contributed by atoms with Crippen LogP contribution in [0.4, 0.5) is 0 Å². The molecule has 1 nitrogen and oxygen atoms in total. The van der Waals surface area contributed by atoms with E-state index in [9.17, 15) is 4.79 Å². The van der Waals surface area contributed by atoms with E-state index in [4.69, 9.17) is 0 Å². The maximum Gasteiger partial charge on any atom is 0.190 e. The smallest absolute Gasteiger partial charge is 0.190 e. The Kier molecular flexibility index (Phi) is 4.23. The molecule has 0 spiro atoms. The van der Waals surface area contributed by atoms with E-state index >= 15 is 0 Å². The summed E-state index contributed by atoms with van der Waals surface area (Å²) in [5.74, 6) is 0. The number of hydrogen-bond donors (Lipinski definition) is 0. The molecule has 0 amide bonds. The van der Waals surface area contributed by atoms with Gasteiger partial charge in [-0.1, -0.05) is 36.0 Å². The topological polar surface area (TPSA) is 17.1 Å². The van der Waals surface area contributed by atoms with Crippen LogP contribution in [0, 0.1) is 3.57 Å². The summed E-state index contributed by atoms with van der Waals surface area (Å²) in [6.07, 6.45) is 0. The Hall–Kier alpha value is -0.810. The van der Waals surface area contributed by atoms with E-state index in [0.717, 1.165) is 4.90 Å². The molecule has 0 bridgehead atoms. The predicted molar refractivity (Wildman–Crippen MR) is 81.1 cm³/mol. The summed E-state index contributed by atoms with van der Waals surface area (Å²) in [6, 6.07) is 16.5. The predicted octanol–water partition coefficient (Wildman–Crippen LogP) is 4.60. The molecule has 0 heterocycles. The summed E-state index contributed by atoms with van der Waals surface area (Å²) >= 11 is 3.56. The summed E-state index contributed by atoms with van der Waals surface area (Å²) in [5.41, 5.74) is 2.37. The van der Waals surface area contributed by atoms with Gasteiger partial charge in [-0.15, -0.1) is 0 Å². The first-order valence-electron chi connectivity index (χ1n) is 5.19. The summed E-state index contributed by atoms with van der Waals surface area (Å²) in [7, 11) is 0. The lowest BCUT2D eigenvalue weighted by atomic mass is 10.1. The number of carbonyl (C=O) groups is 1. The Morgan fingerprint density at radius 1 is 0.941 bits per heavy atom. The summed E-state index contributed by atoms with van der Waals surface area (Å²) < 4.78 is 1.23. The average molecular weight is 354 g/mol. The number of rotatable bonds is 2. The minimum absolute atomic E-state index is 0.118. The Labute approximate surface area is 119 Å². The molecule has 2 rings (SSSR count). The molecule has 0 aliphatic carbocycles. The van der Waals surface area contributed by atoms with Crippen molar-refractivity contribution in [1.82, 2.24) is 0 Å². The first-order valence-corrected chi connectivity index (χ1v) is 7.09. The number of benzene rings is 2. The molecule has 17 heavy (non-hydrogen) atoms. The van der Waals surface area contributed by atoms with E-state index in [-0.39, 0.29) is 5.12 Å². The first-order chi connectivity index (χ1) is 8.15. The largest absolute Gasteiger partial charge is 0.287 e. The summed E-state index contributed by atoms with van der Waals surface area (Å²) in [6.45, 7) is 1.58. The van der Waals surface area contributed by atoms with Crippen LogP contribution in [0.1, 0.15) is 6.92 Å². The van der Waals surface area contributed by atoms with Gasteiger partial charge in [-0.25, -0.2) is 0 Å². The van der Waals surface area contributed by atoms with Gasteiger partial charge in [0.1, 0.15) is 0 Å². The fourth-order valence-corrected chi connectivity index (χ4v) is 2.49. The molecule has 3 heteroatoms. The molecule has 0 radical (unpaired) electrons. The monoisotopic (exact) mass is 354 g/mol. The summed E-state index contributed by atoms with van der Waals surface area (Å²) in [5, 5.41) is 0.118. The van der Waals surface area contributed by atoms with Crippen molar-refractivity contribution in [1.29, 1.82) is 0 Å². The van der Waals surface area contributed by atoms with Crippen molar-refractivity contribution in [3.05, 3.63) is 52.1 Å². The molecule has 0 fully saturated rings. The highest BCUT2D eigenvalue weighted by molar-refractivity contribution is 14.1. The lowest BCUT2D eigenvalue weighted by Gasteiger charge is -2.03. The highest BCUT2D eigenvalue weighted by atomic mass is 127. The zero-order chi connectivity index (χ0) is 12.3. The highest BCUT2D eigenvalue weighted by Gasteiger charge is 2.00. The second-order valence-corrected chi connectivity index (χ2v) is 6.12. The van der Waals surface area contributed by atoms with E-state index in [1.54, 1.807) is 6.92 Å². The van der Waals surface area contributed by atoms with Crippen LogP contribution in [-0.2, 0) is 4.79 Å². The molecule has 0 aromatic heterocycles. The lowest BCUT2D eigenvalue weighted by molar-refractivity contribution is -0.109. The lowest BCUT2D eigenvalue weighted by Crippen LogP contribution is -1.82. The van der Waals surface area contributed by atoms with Gasteiger partial charge in [-0.2, -0.15) is 0 Å². The molecule has 0 N–H and O–H groups in total. The van der Waals surface area contributed by atoms with Gasteiger partial charge in [0.25, 0.3) is 0 Å². The molecule has 0 atom stereocenters. The highest BCUT2D eigenvalue weighted by Crippen LogP contribution is 2.24. The van der Waals surface area contributed by atoms with Crippen LogP contribution in [0.25, 0.3) is 11.1 Å². The van der Waals surface area contributed by atoms with Crippen LogP contribution in [0.5, 0.6) is 0 Å². The van der Waals surface area contributed by atoms with Crippen LogP contribution in [0.3, 0.4) is 0 Å². The minimum Gasteiger partial charge on any atom is -0.287 e. The van der Waals surface area contributed by atoms with E-state index in [1.165, 1.54) is 26.5 Å². The summed E-state index contributed by atoms with van der Waals surface area (Å²) in [4.78, 5) is 12.0. The van der Waals surface area contributed by atoms with Crippen molar-refractivity contribution in [3.8, 4) is 11.1 Å². The molecular formula is C14H11IOS. The van der Waals surface area contributed by atoms with Crippen molar-refractivity contribution in [2.45, 2.75) is 11.8 Å². The fourth-order valence-electron chi connectivity index (χ4n) is 1.52. The zero-order valence-corrected chi connectivity index (χ0v) is 12.3. The van der Waals surface area contributed by atoms with Gasteiger partial charge in [0.15, 0.2) is 5.12 Å². The maximum atomic E-state index is 11.0.